The fourth-order valence-electron chi connectivity index (χ4n) is 3.07. The van der Waals surface area contributed by atoms with Gasteiger partial charge in [-0.05, 0) is 41.8 Å². The summed E-state index contributed by atoms with van der Waals surface area (Å²) in [7, 11) is -1.59. The molecule has 138 valence electrons. The van der Waals surface area contributed by atoms with Crippen molar-refractivity contribution in [3.8, 4) is 0 Å². The van der Waals surface area contributed by atoms with Crippen molar-refractivity contribution in [3.05, 3.63) is 64.1 Å². The van der Waals surface area contributed by atoms with E-state index in [0.29, 0.717) is 11.4 Å². The molecule has 0 saturated carbocycles. The van der Waals surface area contributed by atoms with Crippen molar-refractivity contribution in [3.63, 3.8) is 0 Å². The van der Waals surface area contributed by atoms with Gasteiger partial charge in [-0.25, -0.2) is 8.42 Å². The summed E-state index contributed by atoms with van der Waals surface area (Å²) < 4.78 is 25.8. The van der Waals surface area contributed by atoms with Gasteiger partial charge in [-0.2, -0.15) is 0 Å². The number of rotatable bonds is 4. The maximum Gasteiger partial charge on any atom is 0.193 e. The Hall–Kier alpha value is -1.86. The maximum absolute atomic E-state index is 12.4. The van der Waals surface area contributed by atoms with E-state index in [1.807, 2.05) is 6.07 Å². The number of halogens is 1. The molecule has 0 radical (unpaired) electrons. The molecule has 1 heterocycles. The summed E-state index contributed by atoms with van der Waals surface area (Å²) in [6.07, 6.45) is 0.966. The molecule has 1 aliphatic rings. The Balaban J connectivity index is 1.59. The van der Waals surface area contributed by atoms with Crippen LogP contribution in [-0.4, -0.2) is 45.2 Å². The lowest BCUT2D eigenvalue weighted by Crippen LogP contribution is -2.45. The number of nitrogens with one attached hydrogen (secondary N) is 1. The van der Waals surface area contributed by atoms with Crippen molar-refractivity contribution < 1.29 is 8.42 Å². The minimum absolute atomic E-state index is 0.0259. The lowest BCUT2D eigenvalue weighted by atomic mass is 10.0. The van der Waals surface area contributed by atoms with E-state index in [0.717, 1.165) is 29.9 Å². The minimum Gasteiger partial charge on any atom is -0.355 e. The first kappa shape index (κ1) is 18.9. The Morgan fingerprint density at radius 3 is 2.54 bits per heavy atom. The second-order valence-electron chi connectivity index (χ2n) is 6.19. The van der Waals surface area contributed by atoms with Gasteiger partial charge in [0.2, 0.25) is 0 Å². The van der Waals surface area contributed by atoms with Crippen molar-refractivity contribution in [2.45, 2.75) is 17.9 Å². The zero-order chi connectivity index (χ0) is 18.6. The Morgan fingerprint density at radius 2 is 1.85 bits per heavy atom. The normalized spacial score (nSPS) is 14.8. The van der Waals surface area contributed by atoms with Crippen molar-refractivity contribution >= 4 is 31.7 Å². The van der Waals surface area contributed by atoms with Crippen molar-refractivity contribution in [2.24, 2.45) is 4.99 Å². The van der Waals surface area contributed by atoms with Crippen LogP contribution in [0.3, 0.4) is 0 Å². The highest BCUT2D eigenvalue weighted by Crippen LogP contribution is 2.19. The standard InChI is InChI=1S/C19H22BrN3O2S/c1-21-19(23-12-10-15-4-2-3-5-16(15)14-23)22-11-13-26(24,25)18-8-6-17(20)7-9-18/h2-9H,10-14H2,1H3,(H,21,22). The summed E-state index contributed by atoms with van der Waals surface area (Å²) in [5.74, 6) is 0.767. The van der Waals surface area contributed by atoms with Gasteiger partial charge in [-0.1, -0.05) is 40.2 Å². The van der Waals surface area contributed by atoms with Gasteiger partial charge in [0, 0.05) is 31.2 Å². The molecule has 0 unspecified atom stereocenters. The second-order valence-corrected chi connectivity index (χ2v) is 9.21. The average Bonchev–Trinajstić information content (AvgIpc) is 2.65. The van der Waals surface area contributed by atoms with Gasteiger partial charge >= 0.3 is 0 Å². The van der Waals surface area contributed by atoms with Crippen LogP contribution in [-0.2, 0) is 22.8 Å². The van der Waals surface area contributed by atoms with Crippen LogP contribution in [0.15, 0.2) is 62.9 Å². The third-order valence-electron chi connectivity index (χ3n) is 4.47. The summed E-state index contributed by atoms with van der Waals surface area (Å²) in [5.41, 5.74) is 2.67. The molecule has 0 saturated heterocycles. The van der Waals surface area contributed by atoms with Crippen LogP contribution in [0, 0.1) is 0 Å². The second kappa shape index (κ2) is 8.22. The third kappa shape index (κ3) is 4.45. The summed E-state index contributed by atoms with van der Waals surface area (Å²) >= 11 is 3.32. The number of hydrogen-bond acceptors (Lipinski definition) is 3. The number of fused-ring (bicyclic) bond motifs is 1. The Morgan fingerprint density at radius 1 is 1.15 bits per heavy atom. The summed E-state index contributed by atoms with van der Waals surface area (Å²) in [6.45, 7) is 1.98. The van der Waals surface area contributed by atoms with Gasteiger partial charge in [-0.15, -0.1) is 0 Å². The van der Waals surface area contributed by atoms with Crippen LogP contribution in [0.5, 0.6) is 0 Å². The monoisotopic (exact) mass is 435 g/mol. The van der Waals surface area contributed by atoms with E-state index in [1.54, 1.807) is 31.3 Å². The van der Waals surface area contributed by atoms with Gasteiger partial charge in [0.05, 0.1) is 10.6 Å². The van der Waals surface area contributed by atoms with Gasteiger partial charge in [0.1, 0.15) is 0 Å². The number of aliphatic imine (C=N–C) groups is 1. The van der Waals surface area contributed by atoms with E-state index in [-0.39, 0.29) is 5.75 Å². The summed E-state index contributed by atoms with van der Waals surface area (Å²) in [4.78, 5) is 6.82. The molecule has 26 heavy (non-hydrogen) atoms. The minimum atomic E-state index is -3.32. The molecule has 3 rings (SSSR count). The van der Waals surface area contributed by atoms with Crippen molar-refractivity contribution in [2.75, 3.05) is 25.9 Å². The van der Waals surface area contributed by atoms with Crippen LogP contribution >= 0.6 is 15.9 Å². The van der Waals surface area contributed by atoms with Crippen molar-refractivity contribution in [1.82, 2.24) is 10.2 Å². The molecule has 2 aromatic rings. The fourth-order valence-corrected chi connectivity index (χ4v) is 4.49. The molecule has 0 spiro atoms. The van der Waals surface area contributed by atoms with Crippen LogP contribution in [0.25, 0.3) is 0 Å². The van der Waals surface area contributed by atoms with Crippen LogP contribution in [0.4, 0.5) is 0 Å². The molecule has 1 N–H and O–H groups in total. The molecular weight excluding hydrogens is 414 g/mol. The highest BCUT2D eigenvalue weighted by atomic mass is 79.9. The quantitative estimate of drug-likeness (QED) is 0.592. The SMILES string of the molecule is CN=C(NCCS(=O)(=O)c1ccc(Br)cc1)N1CCc2ccccc2C1. The van der Waals surface area contributed by atoms with Gasteiger partial charge < -0.3 is 10.2 Å². The van der Waals surface area contributed by atoms with Gasteiger partial charge in [-0.3, -0.25) is 4.99 Å². The molecule has 7 heteroatoms. The van der Waals surface area contributed by atoms with E-state index in [4.69, 9.17) is 0 Å². The highest BCUT2D eigenvalue weighted by Gasteiger charge is 2.19. The average molecular weight is 436 g/mol. The molecule has 0 fully saturated rings. The topological polar surface area (TPSA) is 61.8 Å². The Kier molecular flexibility index (Phi) is 5.98. The molecule has 0 aromatic heterocycles. The van der Waals surface area contributed by atoms with E-state index < -0.39 is 9.84 Å². The number of guanidine groups is 1. The van der Waals surface area contributed by atoms with Crippen LogP contribution in [0.2, 0.25) is 0 Å². The molecule has 0 atom stereocenters. The lowest BCUT2D eigenvalue weighted by molar-refractivity contribution is 0.380. The van der Waals surface area contributed by atoms with Crippen molar-refractivity contribution in [1.29, 1.82) is 0 Å². The predicted molar refractivity (Wildman–Crippen MR) is 108 cm³/mol. The first-order valence-corrected chi connectivity index (χ1v) is 10.9. The van der Waals surface area contributed by atoms with Crippen LogP contribution in [0.1, 0.15) is 11.1 Å². The third-order valence-corrected chi connectivity index (χ3v) is 6.73. The number of hydrogen-bond donors (Lipinski definition) is 1. The van der Waals surface area contributed by atoms with Crippen LogP contribution < -0.4 is 5.32 Å². The molecule has 0 amide bonds. The Labute approximate surface area is 163 Å². The highest BCUT2D eigenvalue weighted by molar-refractivity contribution is 9.10. The maximum atomic E-state index is 12.4. The van der Waals surface area contributed by atoms with Gasteiger partial charge in [0.25, 0.3) is 0 Å². The molecule has 0 aliphatic carbocycles. The molecular formula is C19H22BrN3O2S. The number of sulfone groups is 1. The smallest absolute Gasteiger partial charge is 0.193 e. The Bertz CT molecular complexity index is 895. The van der Waals surface area contributed by atoms with Gasteiger partial charge in [0.15, 0.2) is 15.8 Å². The number of nitrogens with zero attached hydrogens (tertiary/aromatic N) is 2. The van der Waals surface area contributed by atoms with E-state index in [1.165, 1.54) is 11.1 Å². The fraction of sp³-hybridized carbons (Fsp3) is 0.316. The zero-order valence-electron chi connectivity index (χ0n) is 14.7. The zero-order valence-corrected chi connectivity index (χ0v) is 17.1. The van der Waals surface area contributed by atoms with E-state index >= 15 is 0 Å². The molecule has 1 aliphatic heterocycles. The first-order valence-electron chi connectivity index (χ1n) is 8.50. The predicted octanol–water partition coefficient (Wildman–Crippen LogP) is 2.86. The molecule has 2 aromatic carbocycles. The largest absolute Gasteiger partial charge is 0.355 e. The van der Waals surface area contributed by atoms with E-state index in [9.17, 15) is 8.42 Å². The number of benzene rings is 2. The first-order chi connectivity index (χ1) is 12.5. The summed E-state index contributed by atoms with van der Waals surface area (Å²) in [6, 6.07) is 15.1. The summed E-state index contributed by atoms with van der Waals surface area (Å²) in [5, 5.41) is 3.19. The molecule has 5 nitrogen and oxygen atoms in total. The van der Waals surface area contributed by atoms with E-state index in [2.05, 4.69) is 49.3 Å². The molecule has 0 bridgehead atoms. The lowest BCUT2D eigenvalue weighted by Gasteiger charge is -2.31.